The van der Waals surface area contributed by atoms with E-state index in [4.69, 9.17) is 13.3 Å². The molecule has 0 aromatic heterocycles. The molecule has 0 bridgehead atoms. The van der Waals surface area contributed by atoms with Crippen molar-refractivity contribution in [3.8, 4) is 0 Å². The topological polar surface area (TPSA) is 27.7 Å². The minimum atomic E-state index is -2.58. The van der Waals surface area contributed by atoms with Crippen LogP contribution in [0.25, 0.3) is 0 Å². The minimum absolute atomic E-state index is 0.0510. The van der Waals surface area contributed by atoms with E-state index in [9.17, 15) is 4.39 Å². The van der Waals surface area contributed by atoms with E-state index in [0.29, 0.717) is 38.7 Å². The smallest absolute Gasteiger partial charge is 0.374 e. The molecule has 5 heteroatoms. The number of hydrogen-bond acceptors (Lipinski definition) is 3. The summed E-state index contributed by atoms with van der Waals surface area (Å²) in [6.07, 6.45) is 3.49. The maximum Gasteiger partial charge on any atom is 0.500 e. The lowest BCUT2D eigenvalue weighted by Gasteiger charge is -2.28. The van der Waals surface area contributed by atoms with E-state index in [1.54, 1.807) is 6.08 Å². The highest BCUT2D eigenvalue weighted by Gasteiger charge is 2.39. The molecule has 0 aromatic rings. The predicted molar refractivity (Wildman–Crippen MR) is 74.2 cm³/mol. The number of halogens is 1. The maximum atomic E-state index is 13.3. The highest BCUT2D eigenvalue weighted by atomic mass is 28.4. The normalized spacial score (nSPS) is 13.1. The first kappa shape index (κ1) is 17.8. The average molecular weight is 278 g/mol. The van der Waals surface area contributed by atoms with Crippen molar-refractivity contribution in [1.29, 1.82) is 0 Å². The van der Waals surface area contributed by atoms with E-state index in [2.05, 4.69) is 0 Å². The third-order valence-electron chi connectivity index (χ3n) is 2.42. The van der Waals surface area contributed by atoms with Gasteiger partial charge in [0.15, 0.2) is 0 Å². The molecule has 0 rings (SSSR count). The SMILES string of the molecule is CC/C=C(\F)CCC[Si](OCC)(OCC)OCC. The van der Waals surface area contributed by atoms with Crippen molar-refractivity contribution in [3.63, 3.8) is 0 Å². The highest BCUT2D eigenvalue weighted by Crippen LogP contribution is 2.21. The van der Waals surface area contributed by atoms with Crippen molar-refractivity contribution in [3.05, 3.63) is 11.9 Å². The standard InChI is InChI=1S/C13H27FO3Si/c1-5-10-13(14)11-9-12-18(15-6-2,16-7-3)17-8-4/h10H,5-9,11-12H2,1-4H3/b13-10-. The van der Waals surface area contributed by atoms with Gasteiger partial charge in [-0.25, -0.2) is 4.39 Å². The van der Waals surface area contributed by atoms with Crippen LogP contribution in [0.1, 0.15) is 47.0 Å². The lowest BCUT2D eigenvalue weighted by atomic mass is 10.3. The Morgan fingerprint density at radius 2 is 1.50 bits per heavy atom. The van der Waals surface area contributed by atoms with Gasteiger partial charge in [0.25, 0.3) is 0 Å². The number of hydrogen-bond donors (Lipinski definition) is 0. The second kappa shape index (κ2) is 10.7. The van der Waals surface area contributed by atoms with Crippen LogP contribution in [0.4, 0.5) is 4.39 Å². The van der Waals surface area contributed by atoms with Gasteiger partial charge in [-0.3, -0.25) is 0 Å². The van der Waals surface area contributed by atoms with Crippen LogP contribution >= 0.6 is 0 Å². The van der Waals surface area contributed by atoms with Crippen molar-refractivity contribution >= 4 is 8.80 Å². The molecule has 0 heterocycles. The molecule has 0 atom stereocenters. The van der Waals surface area contributed by atoms with Gasteiger partial charge >= 0.3 is 8.80 Å². The second-order valence-electron chi connectivity index (χ2n) is 3.89. The molecular formula is C13H27FO3Si. The van der Waals surface area contributed by atoms with Crippen LogP contribution in [0, 0.1) is 0 Å². The first-order valence-corrected chi connectivity index (χ1v) is 8.83. The summed E-state index contributed by atoms with van der Waals surface area (Å²) in [5.41, 5.74) is 0. The molecule has 0 amide bonds. The van der Waals surface area contributed by atoms with Crippen LogP contribution < -0.4 is 0 Å². The Hall–Kier alpha value is -0.233. The summed E-state index contributed by atoms with van der Waals surface area (Å²) in [7, 11) is -2.58. The molecule has 0 radical (unpaired) electrons. The van der Waals surface area contributed by atoms with E-state index >= 15 is 0 Å². The Bertz CT molecular complexity index is 217. The fourth-order valence-electron chi connectivity index (χ4n) is 1.80. The number of rotatable bonds is 11. The highest BCUT2D eigenvalue weighted by molar-refractivity contribution is 6.60. The quantitative estimate of drug-likeness (QED) is 0.533. The Morgan fingerprint density at radius 3 is 1.89 bits per heavy atom. The van der Waals surface area contributed by atoms with Gasteiger partial charge < -0.3 is 13.3 Å². The van der Waals surface area contributed by atoms with Gasteiger partial charge in [-0.1, -0.05) is 13.0 Å². The first-order chi connectivity index (χ1) is 8.64. The summed E-state index contributed by atoms with van der Waals surface area (Å²) >= 11 is 0. The monoisotopic (exact) mass is 278 g/mol. The van der Waals surface area contributed by atoms with Crippen molar-refractivity contribution < 1.29 is 17.7 Å². The van der Waals surface area contributed by atoms with Crippen molar-refractivity contribution in [1.82, 2.24) is 0 Å². The molecule has 0 aliphatic heterocycles. The maximum absolute atomic E-state index is 13.3. The molecule has 0 aromatic carbocycles. The van der Waals surface area contributed by atoms with Gasteiger partial charge in [0, 0.05) is 25.9 Å². The van der Waals surface area contributed by atoms with Gasteiger partial charge in [-0.2, -0.15) is 0 Å². The van der Waals surface area contributed by atoms with Crippen LogP contribution in [0.3, 0.4) is 0 Å². The molecule has 0 aliphatic carbocycles. The zero-order chi connectivity index (χ0) is 13.9. The summed E-state index contributed by atoms with van der Waals surface area (Å²) in [6.45, 7) is 9.42. The average Bonchev–Trinajstić information content (AvgIpc) is 2.30. The third-order valence-corrected chi connectivity index (χ3v) is 5.57. The third kappa shape index (κ3) is 7.26. The van der Waals surface area contributed by atoms with Gasteiger partial charge in [0.1, 0.15) is 0 Å². The van der Waals surface area contributed by atoms with E-state index in [-0.39, 0.29) is 5.83 Å². The Kier molecular flexibility index (Phi) is 10.5. The predicted octanol–water partition coefficient (Wildman–Crippen LogP) is 4.08. The van der Waals surface area contributed by atoms with Crippen LogP contribution in [-0.2, 0) is 13.3 Å². The fourth-order valence-corrected chi connectivity index (χ4v) is 4.41. The lowest BCUT2D eigenvalue weighted by Crippen LogP contribution is -2.45. The van der Waals surface area contributed by atoms with Gasteiger partial charge in [0.2, 0.25) is 0 Å². The zero-order valence-corrected chi connectivity index (χ0v) is 13.1. The van der Waals surface area contributed by atoms with Crippen molar-refractivity contribution in [2.45, 2.75) is 53.0 Å². The van der Waals surface area contributed by atoms with Crippen LogP contribution in [0.2, 0.25) is 6.04 Å². The Balaban J connectivity index is 4.33. The van der Waals surface area contributed by atoms with Crippen LogP contribution in [0.5, 0.6) is 0 Å². The largest absolute Gasteiger partial charge is 0.500 e. The Labute approximate surface area is 112 Å². The summed E-state index contributed by atoms with van der Waals surface area (Å²) in [4.78, 5) is 0. The van der Waals surface area contributed by atoms with Gasteiger partial charge in [0.05, 0.1) is 5.83 Å². The molecule has 108 valence electrons. The fraction of sp³-hybridized carbons (Fsp3) is 0.846. The minimum Gasteiger partial charge on any atom is -0.374 e. The molecular weight excluding hydrogens is 251 g/mol. The summed E-state index contributed by atoms with van der Waals surface area (Å²) in [5.74, 6) is -0.0510. The van der Waals surface area contributed by atoms with E-state index in [1.807, 2.05) is 27.7 Å². The van der Waals surface area contributed by atoms with Gasteiger partial charge in [-0.15, -0.1) is 0 Å². The van der Waals surface area contributed by atoms with Gasteiger partial charge in [-0.05, 0) is 40.0 Å². The lowest BCUT2D eigenvalue weighted by molar-refractivity contribution is 0.0708. The second-order valence-corrected chi connectivity index (χ2v) is 6.63. The zero-order valence-electron chi connectivity index (χ0n) is 12.1. The molecule has 0 aliphatic rings. The molecule has 0 unspecified atom stereocenters. The van der Waals surface area contributed by atoms with Crippen LogP contribution in [-0.4, -0.2) is 28.6 Å². The summed E-state index contributed by atoms with van der Waals surface area (Å²) < 4.78 is 30.4. The molecule has 0 N–H and O–H groups in total. The molecule has 18 heavy (non-hydrogen) atoms. The molecule has 0 saturated heterocycles. The molecule has 0 spiro atoms. The summed E-state index contributed by atoms with van der Waals surface area (Å²) in [6, 6.07) is 0.674. The summed E-state index contributed by atoms with van der Waals surface area (Å²) in [5, 5.41) is 0. The molecule has 0 fully saturated rings. The van der Waals surface area contributed by atoms with E-state index in [1.165, 1.54) is 0 Å². The van der Waals surface area contributed by atoms with E-state index < -0.39 is 8.80 Å². The number of allylic oxidation sites excluding steroid dienone is 2. The molecule has 3 nitrogen and oxygen atoms in total. The van der Waals surface area contributed by atoms with Crippen molar-refractivity contribution in [2.75, 3.05) is 19.8 Å². The van der Waals surface area contributed by atoms with E-state index in [0.717, 1.165) is 6.42 Å². The molecule has 0 saturated carbocycles. The van der Waals surface area contributed by atoms with Crippen molar-refractivity contribution in [2.24, 2.45) is 0 Å². The Morgan fingerprint density at radius 1 is 1.00 bits per heavy atom. The first-order valence-electron chi connectivity index (χ1n) is 6.90. The van der Waals surface area contributed by atoms with Crippen LogP contribution in [0.15, 0.2) is 11.9 Å².